The molecule has 10 aromatic rings. The minimum Gasteiger partial charge on any atom is -0.459 e. The highest BCUT2D eigenvalue weighted by atomic mass is 16.3. The minimum atomic E-state index is -0.563. The third-order valence-electron chi connectivity index (χ3n) is 12.1. The van der Waals surface area contributed by atoms with Crippen LogP contribution in [0.15, 0.2) is 211 Å². The third-order valence-corrected chi connectivity index (χ3v) is 12.1. The monoisotopic (exact) mass is 738 g/mol. The quantitative estimate of drug-likeness (QED) is 0.176. The molecule has 0 saturated heterocycles. The minimum absolute atomic E-state index is 0.563. The maximum absolute atomic E-state index is 6.95. The van der Waals surface area contributed by atoms with Crippen molar-refractivity contribution in [1.29, 1.82) is 0 Å². The number of nitrogens with zero attached hydrogens (tertiary/aromatic N) is 2. The van der Waals surface area contributed by atoms with E-state index in [-0.39, 0.29) is 0 Å². The number of benzene rings is 8. The molecule has 2 heterocycles. The van der Waals surface area contributed by atoms with E-state index in [1.165, 1.54) is 44.5 Å². The van der Waals surface area contributed by atoms with Crippen LogP contribution in [0.25, 0.3) is 89.4 Å². The first-order valence-corrected chi connectivity index (χ1v) is 19.8. The lowest BCUT2D eigenvalue weighted by Crippen LogP contribution is -2.25. The molecule has 0 amide bonds. The van der Waals surface area contributed by atoms with Gasteiger partial charge in [0.2, 0.25) is 0 Å². The molecule has 8 aromatic carbocycles. The normalized spacial score (nSPS) is 14.6. The molecule has 58 heavy (non-hydrogen) atoms. The molecule has 2 aliphatic carbocycles. The van der Waals surface area contributed by atoms with Crippen LogP contribution in [0.5, 0.6) is 0 Å². The molecule has 2 aliphatic rings. The Labute approximate surface area is 336 Å². The molecular weight excluding hydrogens is 705 g/mol. The van der Waals surface area contributed by atoms with Crippen molar-refractivity contribution in [2.24, 2.45) is 0 Å². The number of rotatable bonds is 5. The smallest absolute Gasteiger partial charge is 0.160 e. The van der Waals surface area contributed by atoms with Crippen LogP contribution in [0, 0.1) is 0 Å². The van der Waals surface area contributed by atoms with Gasteiger partial charge in [-0.25, -0.2) is 9.97 Å². The number of furan rings is 1. The Hall–Kier alpha value is -7.62. The summed E-state index contributed by atoms with van der Waals surface area (Å²) < 4.78 is 6.95. The second-order valence-electron chi connectivity index (χ2n) is 15.3. The highest BCUT2D eigenvalue weighted by molar-refractivity contribution is 6.04. The van der Waals surface area contributed by atoms with Gasteiger partial charge in [0.25, 0.3) is 0 Å². The Morgan fingerprint density at radius 1 is 0.345 bits per heavy atom. The highest BCUT2D eigenvalue weighted by Crippen LogP contribution is 2.64. The van der Waals surface area contributed by atoms with Crippen molar-refractivity contribution < 1.29 is 4.42 Å². The van der Waals surface area contributed by atoms with Crippen LogP contribution in [0.3, 0.4) is 0 Å². The van der Waals surface area contributed by atoms with Crippen molar-refractivity contribution in [2.45, 2.75) is 5.41 Å². The highest BCUT2D eigenvalue weighted by Gasteiger charge is 2.55. The van der Waals surface area contributed by atoms with Crippen molar-refractivity contribution in [3.8, 4) is 78.4 Å². The molecule has 2 aromatic heterocycles. The van der Waals surface area contributed by atoms with E-state index >= 15 is 0 Å². The second-order valence-corrected chi connectivity index (χ2v) is 15.3. The van der Waals surface area contributed by atoms with E-state index in [2.05, 4.69) is 194 Å². The molecule has 0 N–H and O–H groups in total. The van der Waals surface area contributed by atoms with Crippen LogP contribution in [0.4, 0.5) is 0 Å². The summed E-state index contributed by atoms with van der Waals surface area (Å²) in [4.78, 5) is 10.3. The molecule has 12 rings (SSSR count). The van der Waals surface area contributed by atoms with Gasteiger partial charge in [-0.3, -0.25) is 0 Å². The fourth-order valence-corrected chi connectivity index (χ4v) is 9.50. The van der Waals surface area contributed by atoms with Gasteiger partial charge in [0.15, 0.2) is 5.82 Å². The van der Waals surface area contributed by atoms with Gasteiger partial charge in [-0.1, -0.05) is 182 Å². The van der Waals surface area contributed by atoms with Crippen molar-refractivity contribution in [3.63, 3.8) is 0 Å². The molecule has 1 atom stereocenters. The van der Waals surface area contributed by atoms with Gasteiger partial charge in [-0.2, -0.15) is 0 Å². The van der Waals surface area contributed by atoms with E-state index < -0.39 is 5.41 Å². The number of fused-ring (bicyclic) bond motifs is 12. The fraction of sp³-hybridized carbons (Fsp3) is 0.0182. The fourth-order valence-electron chi connectivity index (χ4n) is 9.50. The van der Waals surface area contributed by atoms with Crippen molar-refractivity contribution in [1.82, 2.24) is 9.97 Å². The molecule has 3 heteroatoms. The number of hydrogen-bond acceptors (Lipinski definition) is 3. The van der Waals surface area contributed by atoms with E-state index in [0.717, 1.165) is 61.5 Å². The Kier molecular flexibility index (Phi) is 7.14. The topological polar surface area (TPSA) is 38.9 Å². The summed E-state index contributed by atoms with van der Waals surface area (Å²) in [5.74, 6) is 1.70. The number of aromatic nitrogens is 2. The summed E-state index contributed by atoms with van der Waals surface area (Å²) in [6, 6.07) is 73.4. The van der Waals surface area contributed by atoms with Crippen LogP contribution in [0.1, 0.15) is 22.5 Å². The van der Waals surface area contributed by atoms with Gasteiger partial charge >= 0.3 is 0 Å². The molecule has 0 fully saturated rings. The summed E-state index contributed by atoms with van der Waals surface area (Å²) in [5, 5.41) is 1.16. The van der Waals surface area contributed by atoms with E-state index in [0.29, 0.717) is 5.82 Å². The molecule has 0 bridgehead atoms. The Morgan fingerprint density at radius 2 is 0.879 bits per heavy atom. The first kappa shape index (κ1) is 32.6. The largest absolute Gasteiger partial charge is 0.459 e. The van der Waals surface area contributed by atoms with E-state index in [9.17, 15) is 0 Å². The summed E-state index contributed by atoms with van der Waals surface area (Å²) in [6.07, 6.45) is 0. The number of hydrogen-bond donors (Lipinski definition) is 0. The van der Waals surface area contributed by atoms with Crippen molar-refractivity contribution in [2.75, 3.05) is 0 Å². The van der Waals surface area contributed by atoms with Crippen LogP contribution in [-0.4, -0.2) is 9.97 Å². The molecule has 0 saturated carbocycles. The average molecular weight is 739 g/mol. The zero-order chi connectivity index (χ0) is 38.2. The summed E-state index contributed by atoms with van der Waals surface area (Å²) in [6.45, 7) is 0. The van der Waals surface area contributed by atoms with E-state index in [4.69, 9.17) is 14.4 Å². The Morgan fingerprint density at radius 3 is 1.67 bits per heavy atom. The Bertz CT molecular complexity index is 3220. The van der Waals surface area contributed by atoms with Crippen LogP contribution >= 0.6 is 0 Å². The molecule has 270 valence electrons. The number of para-hydroxylation sites is 1. The summed E-state index contributed by atoms with van der Waals surface area (Å²) >= 11 is 0. The lowest BCUT2D eigenvalue weighted by atomic mass is 9.73. The zero-order valence-corrected chi connectivity index (χ0v) is 31.4. The molecule has 1 spiro atoms. The molecular formula is C55H34N2O. The molecule has 1 unspecified atom stereocenters. The zero-order valence-electron chi connectivity index (χ0n) is 31.4. The SMILES string of the molecule is c1ccc(-c2cccc(-c3cc(-c4ccccc4)nc(-c4ccc(-c5ccc6c(c5)C5(c7ccccc7-6)c6ccccc6-c6c5oc5ccccc65)cc4)n3)c2)cc1. The van der Waals surface area contributed by atoms with Crippen molar-refractivity contribution in [3.05, 3.63) is 229 Å². The molecule has 3 nitrogen and oxygen atoms in total. The Balaban J connectivity index is 0.982. The van der Waals surface area contributed by atoms with Crippen LogP contribution < -0.4 is 0 Å². The maximum Gasteiger partial charge on any atom is 0.160 e. The van der Waals surface area contributed by atoms with Gasteiger partial charge in [0.1, 0.15) is 16.8 Å². The predicted octanol–water partition coefficient (Wildman–Crippen LogP) is 13.9. The molecule has 0 radical (unpaired) electrons. The molecule has 0 aliphatic heterocycles. The van der Waals surface area contributed by atoms with Gasteiger partial charge in [0, 0.05) is 27.6 Å². The maximum atomic E-state index is 6.95. The van der Waals surface area contributed by atoms with Gasteiger partial charge in [0.05, 0.1) is 11.4 Å². The van der Waals surface area contributed by atoms with E-state index in [1.807, 2.05) is 12.1 Å². The van der Waals surface area contributed by atoms with Gasteiger partial charge in [-0.05, 0) is 79.9 Å². The lowest BCUT2D eigenvalue weighted by molar-refractivity contribution is 0.507. The van der Waals surface area contributed by atoms with Gasteiger partial charge < -0.3 is 4.42 Å². The van der Waals surface area contributed by atoms with Crippen LogP contribution in [-0.2, 0) is 5.41 Å². The first-order chi connectivity index (χ1) is 28.7. The summed E-state index contributed by atoms with van der Waals surface area (Å²) in [7, 11) is 0. The second kappa shape index (κ2) is 12.7. The average Bonchev–Trinajstić information content (AvgIpc) is 3.93. The first-order valence-electron chi connectivity index (χ1n) is 19.8. The van der Waals surface area contributed by atoms with Crippen LogP contribution in [0.2, 0.25) is 0 Å². The standard InChI is InChI=1S/C55H34N2O/c1-3-14-35(15-4-1)39-18-13-19-41(32-39)50-34-49(37-16-5-2-6-17-37)56-54(57-50)38-28-26-36(27-29-38)40-30-31-43-42-20-7-10-23-46(42)55(48(43)33-40)47-24-11-8-21-44(47)52-45-22-9-12-25-51(45)58-53(52)55/h1-34H. The third kappa shape index (κ3) is 4.80. The van der Waals surface area contributed by atoms with E-state index in [1.54, 1.807) is 0 Å². The van der Waals surface area contributed by atoms with Crippen molar-refractivity contribution >= 4 is 11.0 Å². The predicted molar refractivity (Wildman–Crippen MR) is 235 cm³/mol. The lowest BCUT2D eigenvalue weighted by Gasteiger charge is -2.28. The summed E-state index contributed by atoms with van der Waals surface area (Å²) in [5.41, 5.74) is 18.5. The van der Waals surface area contributed by atoms with Gasteiger partial charge in [-0.15, -0.1) is 0 Å².